The summed E-state index contributed by atoms with van der Waals surface area (Å²) in [4.78, 5) is 5.71. The summed E-state index contributed by atoms with van der Waals surface area (Å²) in [6, 6.07) is 12.7. The van der Waals surface area contributed by atoms with E-state index in [9.17, 15) is 0 Å². The van der Waals surface area contributed by atoms with Gasteiger partial charge in [-0.25, -0.2) is 4.98 Å². The van der Waals surface area contributed by atoms with Crippen molar-refractivity contribution in [3.05, 3.63) is 51.9 Å². The van der Waals surface area contributed by atoms with Crippen molar-refractivity contribution in [3.63, 3.8) is 0 Å². The zero-order chi connectivity index (χ0) is 12.5. The van der Waals surface area contributed by atoms with E-state index in [1.165, 1.54) is 20.5 Å². The Bertz CT molecular complexity index is 689. The van der Waals surface area contributed by atoms with E-state index in [0.29, 0.717) is 0 Å². The zero-order valence-corrected chi connectivity index (χ0v) is 12.9. The lowest BCUT2D eigenvalue weighted by atomic mass is 10.2. The molecule has 18 heavy (non-hydrogen) atoms. The molecule has 0 atom stereocenters. The Labute approximate surface area is 122 Å². The van der Waals surface area contributed by atoms with Crippen LogP contribution in [0.5, 0.6) is 0 Å². The van der Waals surface area contributed by atoms with Crippen molar-refractivity contribution in [3.8, 4) is 0 Å². The van der Waals surface area contributed by atoms with Crippen LogP contribution < -0.4 is 0 Å². The molecule has 0 saturated heterocycles. The molecule has 2 heterocycles. The highest BCUT2D eigenvalue weighted by Crippen LogP contribution is 2.37. The van der Waals surface area contributed by atoms with E-state index >= 15 is 0 Å². The summed E-state index contributed by atoms with van der Waals surface area (Å²) in [5, 5.41) is 2.29. The number of fused-ring (bicyclic) bond motifs is 1. The summed E-state index contributed by atoms with van der Waals surface area (Å²) in [6.07, 6.45) is 1.88. The minimum absolute atomic E-state index is 1.07. The SMILES string of the molecule is Cc1ccc(Sc2nccc3sc(Br)cc23)cc1. The minimum atomic E-state index is 1.07. The Morgan fingerprint density at radius 3 is 2.72 bits per heavy atom. The fraction of sp³-hybridized carbons (Fsp3) is 0.0714. The summed E-state index contributed by atoms with van der Waals surface area (Å²) in [7, 11) is 0. The van der Waals surface area contributed by atoms with Gasteiger partial charge in [-0.2, -0.15) is 0 Å². The summed E-state index contributed by atoms with van der Waals surface area (Å²) >= 11 is 6.99. The fourth-order valence-corrected chi connectivity index (χ4v) is 4.19. The van der Waals surface area contributed by atoms with Crippen LogP contribution in [0.15, 0.2) is 56.3 Å². The molecule has 0 radical (unpaired) electrons. The molecule has 1 nitrogen and oxygen atoms in total. The molecule has 0 bridgehead atoms. The third kappa shape index (κ3) is 2.46. The Morgan fingerprint density at radius 2 is 1.94 bits per heavy atom. The lowest BCUT2D eigenvalue weighted by molar-refractivity contribution is 1.18. The Morgan fingerprint density at radius 1 is 1.17 bits per heavy atom. The fourth-order valence-electron chi connectivity index (χ4n) is 1.71. The topological polar surface area (TPSA) is 12.9 Å². The molecule has 0 spiro atoms. The molecule has 0 N–H and O–H groups in total. The van der Waals surface area contributed by atoms with Gasteiger partial charge in [-0.3, -0.25) is 0 Å². The van der Waals surface area contributed by atoms with Crippen molar-refractivity contribution in [2.75, 3.05) is 0 Å². The Kier molecular flexibility index (Phi) is 3.41. The van der Waals surface area contributed by atoms with Crippen LogP contribution in [0.25, 0.3) is 10.1 Å². The predicted molar refractivity (Wildman–Crippen MR) is 82.6 cm³/mol. The van der Waals surface area contributed by atoms with Crippen molar-refractivity contribution in [2.45, 2.75) is 16.8 Å². The molecule has 0 unspecified atom stereocenters. The molecular formula is C14H10BrNS2. The summed E-state index contributed by atoms with van der Waals surface area (Å²) < 4.78 is 2.42. The van der Waals surface area contributed by atoms with E-state index in [-0.39, 0.29) is 0 Å². The maximum Gasteiger partial charge on any atom is 0.109 e. The lowest BCUT2D eigenvalue weighted by Crippen LogP contribution is -1.80. The molecular weight excluding hydrogens is 326 g/mol. The molecule has 0 amide bonds. The van der Waals surface area contributed by atoms with Gasteiger partial charge in [0.1, 0.15) is 5.03 Å². The van der Waals surface area contributed by atoms with Gasteiger partial charge in [-0.05, 0) is 47.1 Å². The second-order valence-corrected chi connectivity index (χ2v) is 7.52. The molecule has 0 fully saturated rings. The largest absolute Gasteiger partial charge is 0.249 e. The first kappa shape index (κ1) is 12.2. The van der Waals surface area contributed by atoms with Gasteiger partial charge >= 0.3 is 0 Å². The predicted octanol–water partition coefficient (Wildman–Crippen LogP) is 5.52. The summed E-state index contributed by atoms with van der Waals surface area (Å²) in [5.74, 6) is 0. The second-order valence-electron chi connectivity index (χ2n) is 3.99. The smallest absolute Gasteiger partial charge is 0.109 e. The van der Waals surface area contributed by atoms with Crippen LogP contribution in [0, 0.1) is 6.92 Å². The molecule has 0 aliphatic heterocycles. The standard InChI is InChI=1S/C14H10BrNS2/c1-9-2-4-10(5-3-9)17-14-11-8-13(15)18-12(11)6-7-16-14/h2-8H,1H3. The van der Waals surface area contributed by atoms with Crippen molar-refractivity contribution < 1.29 is 0 Å². The number of hydrogen-bond donors (Lipinski definition) is 0. The first-order valence-electron chi connectivity index (χ1n) is 5.51. The quantitative estimate of drug-likeness (QED) is 0.611. The first-order valence-corrected chi connectivity index (χ1v) is 7.93. The number of aromatic nitrogens is 1. The van der Waals surface area contributed by atoms with Crippen LogP contribution in [0.3, 0.4) is 0 Å². The summed E-state index contributed by atoms with van der Waals surface area (Å²) in [5.41, 5.74) is 1.28. The third-order valence-electron chi connectivity index (χ3n) is 2.61. The number of thiophene rings is 1. The average molecular weight is 336 g/mol. The van der Waals surface area contributed by atoms with E-state index < -0.39 is 0 Å². The number of hydrogen-bond acceptors (Lipinski definition) is 3. The number of benzene rings is 1. The van der Waals surface area contributed by atoms with Crippen LogP contribution in [-0.2, 0) is 0 Å². The normalized spacial score (nSPS) is 11.0. The highest BCUT2D eigenvalue weighted by molar-refractivity contribution is 9.11. The van der Waals surface area contributed by atoms with Crippen LogP contribution >= 0.6 is 39.0 Å². The maximum absolute atomic E-state index is 4.49. The van der Waals surface area contributed by atoms with E-state index in [0.717, 1.165) is 8.81 Å². The van der Waals surface area contributed by atoms with Gasteiger partial charge in [-0.15, -0.1) is 11.3 Å². The van der Waals surface area contributed by atoms with Gasteiger partial charge in [0, 0.05) is 21.2 Å². The van der Waals surface area contributed by atoms with Gasteiger partial charge < -0.3 is 0 Å². The molecule has 0 saturated carbocycles. The average Bonchev–Trinajstić information content (AvgIpc) is 2.73. The van der Waals surface area contributed by atoms with Gasteiger partial charge in [-0.1, -0.05) is 29.5 Å². The highest BCUT2D eigenvalue weighted by atomic mass is 79.9. The van der Waals surface area contributed by atoms with Gasteiger partial charge in [0.05, 0.1) is 3.79 Å². The number of nitrogens with zero attached hydrogens (tertiary/aromatic N) is 1. The van der Waals surface area contributed by atoms with Crippen molar-refractivity contribution in [1.82, 2.24) is 4.98 Å². The van der Waals surface area contributed by atoms with Crippen LogP contribution in [-0.4, -0.2) is 4.98 Å². The van der Waals surface area contributed by atoms with Crippen molar-refractivity contribution in [2.24, 2.45) is 0 Å². The zero-order valence-electron chi connectivity index (χ0n) is 9.68. The Hall–Kier alpha value is -0.840. The minimum Gasteiger partial charge on any atom is -0.249 e. The number of pyridine rings is 1. The molecule has 90 valence electrons. The Balaban J connectivity index is 2.01. The van der Waals surface area contributed by atoms with E-state index in [4.69, 9.17) is 0 Å². The number of halogens is 1. The number of aryl methyl sites for hydroxylation is 1. The monoisotopic (exact) mass is 335 g/mol. The van der Waals surface area contributed by atoms with Gasteiger partial charge in [0.2, 0.25) is 0 Å². The molecule has 4 heteroatoms. The first-order chi connectivity index (χ1) is 8.72. The van der Waals surface area contributed by atoms with Crippen molar-refractivity contribution >= 4 is 49.1 Å². The van der Waals surface area contributed by atoms with Crippen LogP contribution in [0.1, 0.15) is 5.56 Å². The second kappa shape index (κ2) is 5.03. The molecule has 1 aromatic carbocycles. The molecule has 3 rings (SSSR count). The third-order valence-corrected chi connectivity index (χ3v) is 5.24. The molecule has 3 aromatic rings. The van der Waals surface area contributed by atoms with Crippen LogP contribution in [0.2, 0.25) is 0 Å². The van der Waals surface area contributed by atoms with E-state index in [1.807, 2.05) is 6.20 Å². The van der Waals surface area contributed by atoms with Crippen LogP contribution in [0.4, 0.5) is 0 Å². The lowest BCUT2D eigenvalue weighted by Gasteiger charge is -2.02. The molecule has 0 aliphatic rings. The van der Waals surface area contributed by atoms with Gasteiger partial charge in [0.15, 0.2) is 0 Å². The van der Waals surface area contributed by atoms with Crippen molar-refractivity contribution in [1.29, 1.82) is 0 Å². The van der Waals surface area contributed by atoms with E-state index in [1.54, 1.807) is 23.1 Å². The summed E-state index contributed by atoms with van der Waals surface area (Å²) in [6.45, 7) is 2.10. The van der Waals surface area contributed by atoms with E-state index in [2.05, 4.69) is 64.2 Å². The highest BCUT2D eigenvalue weighted by Gasteiger charge is 2.07. The van der Waals surface area contributed by atoms with Gasteiger partial charge in [0.25, 0.3) is 0 Å². The maximum atomic E-state index is 4.49. The molecule has 2 aromatic heterocycles. The molecule has 0 aliphatic carbocycles. The number of rotatable bonds is 2.